The fourth-order valence-corrected chi connectivity index (χ4v) is 1.69. The molecule has 2 amide bonds. The van der Waals surface area contributed by atoms with Crippen molar-refractivity contribution < 1.29 is 14.3 Å². The van der Waals surface area contributed by atoms with Crippen LogP contribution in [0.25, 0.3) is 0 Å². The molecule has 0 radical (unpaired) electrons. The van der Waals surface area contributed by atoms with E-state index >= 15 is 0 Å². The number of nitrogens with one attached hydrogen (secondary N) is 1. The van der Waals surface area contributed by atoms with Crippen molar-refractivity contribution in [3.8, 4) is 0 Å². The van der Waals surface area contributed by atoms with Crippen LogP contribution >= 0.6 is 0 Å². The molecular weight excluding hydrogens is 234 g/mol. The van der Waals surface area contributed by atoms with Gasteiger partial charge in [-0.05, 0) is 12.1 Å². The molecule has 6 heteroatoms. The first-order valence-corrected chi connectivity index (χ1v) is 5.70. The zero-order valence-electron chi connectivity index (χ0n) is 10.1. The number of carbonyl (C=O) groups is 2. The summed E-state index contributed by atoms with van der Waals surface area (Å²) < 4.78 is 5.33. The summed E-state index contributed by atoms with van der Waals surface area (Å²) in [4.78, 5) is 28.4. The van der Waals surface area contributed by atoms with Crippen LogP contribution in [0.1, 0.15) is 10.4 Å². The highest BCUT2D eigenvalue weighted by Crippen LogP contribution is 2.03. The van der Waals surface area contributed by atoms with E-state index in [1.165, 1.54) is 6.20 Å². The Balaban J connectivity index is 1.82. The summed E-state index contributed by atoms with van der Waals surface area (Å²) in [7, 11) is 1.72. The van der Waals surface area contributed by atoms with Crippen molar-refractivity contribution in [3.05, 3.63) is 30.1 Å². The molecule has 1 aromatic heterocycles. The molecule has 1 saturated heterocycles. The van der Waals surface area contributed by atoms with Crippen molar-refractivity contribution in [2.75, 3.05) is 26.7 Å². The van der Waals surface area contributed by atoms with E-state index in [0.717, 1.165) is 0 Å². The van der Waals surface area contributed by atoms with Crippen LogP contribution in [0.3, 0.4) is 0 Å². The van der Waals surface area contributed by atoms with Gasteiger partial charge in [0, 0.05) is 32.5 Å². The molecule has 1 aliphatic rings. The lowest BCUT2D eigenvalue weighted by Crippen LogP contribution is -2.48. The summed E-state index contributed by atoms with van der Waals surface area (Å²) in [6, 6.07) is 3.40. The van der Waals surface area contributed by atoms with Crippen molar-refractivity contribution in [2.24, 2.45) is 0 Å². The molecule has 6 nitrogen and oxygen atoms in total. The van der Waals surface area contributed by atoms with Crippen LogP contribution in [-0.2, 0) is 9.53 Å². The van der Waals surface area contributed by atoms with Crippen LogP contribution in [0.15, 0.2) is 24.5 Å². The topological polar surface area (TPSA) is 71.5 Å². The van der Waals surface area contributed by atoms with E-state index in [9.17, 15) is 9.59 Å². The lowest BCUT2D eigenvalue weighted by molar-refractivity contribution is -0.146. The number of carbonyl (C=O) groups excluding carboxylic acids is 2. The average molecular weight is 249 g/mol. The normalized spacial score (nSPS) is 19.7. The molecule has 0 bridgehead atoms. The number of rotatable bonds is 3. The molecule has 2 rings (SSSR count). The Bertz CT molecular complexity index is 435. The van der Waals surface area contributed by atoms with Crippen LogP contribution in [0.4, 0.5) is 0 Å². The van der Waals surface area contributed by atoms with Gasteiger partial charge in [0.05, 0.1) is 11.7 Å². The fraction of sp³-hybridized carbons (Fsp3) is 0.417. The van der Waals surface area contributed by atoms with Crippen molar-refractivity contribution in [2.45, 2.75) is 6.10 Å². The number of ether oxygens (including phenoxy) is 1. The molecule has 18 heavy (non-hydrogen) atoms. The molecule has 1 aliphatic heterocycles. The Labute approximate surface area is 105 Å². The molecule has 2 heterocycles. The molecule has 1 aromatic rings. The van der Waals surface area contributed by atoms with Crippen LogP contribution in [0.5, 0.6) is 0 Å². The second kappa shape index (κ2) is 5.59. The predicted octanol–water partition coefficient (Wildman–Crippen LogP) is -0.331. The first-order chi connectivity index (χ1) is 8.66. The van der Waals surface area contributed by atoms with E-state index in [0.29, 0.717) is 18.7 Å². The zero-order valence-corrected chi connectivity index (χ0v) is 10.1. The zero-order chi connectivity index (χ0) is 13.0. The summed E-state index contributed by atoms with van der Waals surface area (Å²) in [5.41, 5.74) is 0.512. The number of morpholine rings is 1. The van der Waals surface area contributed by atoms with Crippen molar-refractivity contribution in [1.82, 2.24) is 15.2 Å². The van der Waals surface area contributed by atoms with Crippen LogP contribution in [0, 0.1) is 0 Å². The highest BCUT2D eigenvalue weighted by molar-refractivity contribution is 5.93. The SMILES string of the molecule is CN1CC(CNC(=O)c2cccnc2)OCC1=O. The maximum Gasteiger partial charge on any atom is 0.252 e. The van der Waals surface area contributed by atoms with Gasteiger partial charge in [-0.15, -0.1) is 0 Å². The fourth-order valence-electron chi connectivity index (χ4n) is 1.69. The van der Waals surface area contributed by atoms with E-state index in [4.69, 9.17) is 4.74 Å². The van der Waals surface area contributed by atoms with Gasteiger partial charge in [0.15, 0.2) is 0 Å². The van der Waals surface area contributed by atoms with E-state index < -0.39 is 0 Å². The summed E-state index contributed by atoms with van der Waals surface area (Å²) in [5.74, 6) is -0.226. The number of nitrogens with zero attached hydrogens (tertiary/aromatic N) is 2. The van der Waals surface area contributed by atoms with E-state index in [1.54, 1.807) is 30.3 Å². The summed E-state index contributed by atoms with van der Waals surface area (Å²) >= 11 is 0. The number of pyridine rings is 1. The maximum atomic E-state index is 11.7. The molecule has 0 aliphatic carbocycles. The third-order valence-electron chi connectivity index (χ3n) is 2.76. The number of amides is 2. The smallest absolute Gasteiger partial charge is 0.252 e. The second-order valence-corrected chi connectivity index (χ2v) is 4.16. The lowest BCUT2D eigenvalue weighted by Gasteiger charge is -2.29. The summed E-state index contributed by atoms with van der Waals surface area (Å²) in [6.45, 7) is 0.946. The van der Waals surface area contributed by atoms with Gasteiger partial charge in [-0.1, -0.05) is 0 Å². The predicted molar refractivity (Wildman–Crippen MR) is 63.9 cm³/mol. The molecule has 1 N–H and O–H groups in total. The summed E-state index contributed by atoms with van der Waals surface area (Å²) in [5, 5.41) is 2.76. The maximum absolute atomic E-state index is 11.7. The third kappa shape index (κ3) is 3.04. The number of hydrogen-bond acceptors (Lipinski definition) is 4. The number of hydrogen-bond donors (Lipinski definition) is 1. The van der Waals surface area contributed by atoms with E-state index in [2.05, 4.69) is 10.3 Å². The summed E-state index contributed by atoms with van der Waals surface area (Å²) in [6.07, 6.45) is 2.96. The van der Waals surface area contributed by atoms with Crippen molar-refractivity contribution >= 4 is 11.8 Å². The Morgan fingerprint density at radius 1 is 1.67 bits per heavy atom. The third-order valence-corrected chi connectivity index (χ3v) is 2.76. The minimum absolute atomic E-state index is 0.0372. The molecule has 0 saturated carbocycles. The Morgan fingerprint density at radius 3 is 3.17 bits per heavy atom. The van der Waals surface area contributed by atoms with Gasteiger partial charge in [0.1, 0.15) is 6.61 Å². The minimum atomic E-state index is -0.189. The largest absolute Gasteiger partial charge is 0.365 e. The molecule has 0 spiro atoms. The molecule has 1 fully saturated rings. The number of aromatic nitrogens is 1. The van der Waals surface area contributed by atoms with Crippen LogP contribution in [0.2, 0.25) is 0 Å². The molecular formula is C12H15N3O3. The van der Waals surface area contributed by atoms with Gasteiger partial charge in [0.2, 0.25) is 5.91 Å². The van der Waals surface area contributed by atoms with Gasteiger partial charge in [0.25, 0.3) is 5.91 Å². The monoisotopic (exact) mass is 249 g/mol. The Hall–Kier alpha value is -1.95. The van der Waals surface area contributed by atoms with Crippen LogP contribution in [-0.4, -0.2) is 54.5 Å². The van der Waals surface area contributed by atoms with E-state index in [-0.39, 0.29) is 24.5 Å². The lowest BCUT2D eigenvalue weighted by atomic mass is 10.2. The van der Waals surface area contributed by atoms with Crippen molar-refractivity contribution in [1.29, 1.82) is 0 Å². The average Bonchev–Trinajstić information content (AvgIpc) is 2.41. The quantitative estimate of drug-likeness (QED) is 0.796. The molecule has 1 unspecified atom stereocenters. The van der Waals surface area contributed by atoms with E-state index in [1.807, 2.05) is 0 Å². The minimum Gasteiger partial charge on any atom is -0.365 e. The second-order valence-electron chi connectivity index (χ2n) is 4.16. The molecule has 1 atom stereocenters. The number of likely N-dealkylation sites (N-methyl/N-ethyl adjacent to an activating group) is 1. The molecule has 96 valence electrons. The Kier molecular flexibility index (Phi) is 3.88. The standard InChI is InChI=1S/C12H15N3O3/c1-15-7-10(18-8-11(15)16)6-14-12(17)9-3-2-4-13-5-9/h2-5,10H,6-8H2,1H3,(H,14,17). The van der Waals surface area contributed by atoms with Gasteiger partial charge < -0.3 is 15.0 Å². The highest BCUT2D eigenvalue weighted by Gasteiger charge is 2.23. The first-order valence-electron chi connectivity index (χ1n) is 5.70. The first kappa shape index (κ1) is 12.5. The van der Waals surface area contributed by atoms with Gasteiger partial charge in [-0.2, -0.15) is 0 Å². The van der Waals surface area contributed by atoms with Gasteiger partial charge in [-0.3, -0.25) is 14.6 Å². The molecule has 0 aromatic carbocycles. The Morgan fingerprint density at radius 2 is 2.50 bits per heavy atom. The van der Waals surface area contributed by atoms with Crippen LogP contribution < -0.4 is 5.32 Å². The van der Waals surface area contributed by atoms with Gasteiger partial charge in [-0.25, -0.2) is 0 Å². The highest BCUT2D eigenvalue weighted by atomic mass is 16.5. The van der Waals surface area contributed by atoms with Crippen molar-refractivity contribution in [3.63, 3.8) is 0 Å². The van der Waals surface area contributed by atoms with Gasteiger partial charge >= 0.3 is 0 Å².